The summed E-state index contributed by atoms with van der Waals surface area (Å²) in [6, 6.07) is 0. The first-order chi connectivity index (χ1) is 5.21. The second kappa shape index (κ2) is 2.25. The molecule has 0 aromatic carbocycles. The van der Waals surface area contributed by atoms with Gasteiger partial charge in [-0.2, -0.15) is 0 Å². The predicted octanol–water partition coefficient (Wildman–Crippen LogP) is 1.19. The lowest BCUT2D eigenvalue weighted by molar-refractivity contribution is 0.700. The third-order valence-electron chi connectivity index (χ3n) is 1.92. The fourth-order valence-electron chi connectivity index (χ4n) is 0.960. The molecule has 1 saturated carbocycles. The zero-order valence-corrected chi connectivity index (χ0v) is 7.50. The highest BCUT2D eigenvalue weighted by atomic mass is 79.9. The van der Waals surface area contributed by atoms with Crippen LogP contribution in [0, 0.1) is 0 Å². The second-order valence-electron chi connectivity index (χ2n) is 2.88. The molecule has 0 radical (unpaired) electrons. The smallest absolute Gasteiger partial charge is 0.124 e. The molecule has 1 aliphatic carbocycles. The van der Waals surface area contributed by atoms with Gasteiger partial charge in [0.2, 0.25) is 0 Å². The molecule has 11 heavy (non-hydrogen) atoms. The molecule has 0 aliphatic heterocycles. The Morgan fingerprint density at radius 2 is 2.09 bits per heavy atom. The summed E-state index contributed by atoms with van der Waals surface area (Å²) in [5, 5.41) is 0. The van der Waals surface area contributed by atoms with Crippen LogP contribution in [0.1, 0.15) is 18.5 Å². The minimum Gasteiger partial charge on any atom is -0.320 e. The van der Waals surface area contributed by atoms with E-state index in [-0.39, 0.29) is 5.54 Å². The van der Waals surface area contributed by atoms with Crippen LogP contribution < -0.4 is 5.73 Å². The van der Waals surface area contributed by atoms with Crippen molar-refractivity contribution in [2.45, 2.75) is 18.4 Å². The summed E-state index contributed by atoms with van der Waals surface area (Å²) in [6.07, 6.45) is 5.48. The molecule has 1 aromatic rings. The standard InChI is InChI=1S/C7H8BrN3/c8-6-4-10-5(3-11-6)7(9)1-2-7/h3-4H,1-2,9H2. The first-order valence-corrected chi connectivity index (χ1v) is 4.27. The lowest BCUT2D eigenvalue weighted by Gasteiger charge is -2.05. The lowest BCUT2D eigenvalue weighted by atomic mass is 10.2. The van der Waals surface area contributed by atoms with Crippen LogP contribution in [0.5, 0.6) is 0 Å². The number of halogens is 1. The van der Waals surface area contributed by atoms with Crippen LogP contribution in [0.15, 0.2) is 17.0 Å². The van der Waals surface area contributed by atoms with Crippen molar-refractivity contribution in [3.63, 3.8) is 0 Å². The molecule has 3 nitrogen and oxygen atoms in total. The van der Waals surface area contributed by atoms with Gasteiger partial charge in [0.15, 0.2) is 0 Å². The summed E-state index contributed by atoms with van der Waals surface area (Å²) >= 11 is 3.22. The Morgan fingerprint density at radius 1 is 1.36 bits per heavy atom. The molecule has 58 valence electrons. The molecular weight excluding hydrogens is 206 g/mol. The average molecular weight is 214 g/mol. The minimum absolute atomic E-state index is 0.159. The lowest BCUT2D eigenvalue weighted by Crippen LogP contribution is -2.20. The Hall–Kier alpha value is -0.480. The van der Waals surface area contributed by atoms with Crippen LogP contribution in [-0.4, -0.2) is 9.97 Å². The Bertz CT molecular complexity index is 266. The first kappa shape index (κ1) is 7.18. The van der Waals surface area contributed by atoms with E-state index in [2.05, 4.69) is 25.9 Å². The normalized spacial score (nSPS) is 19.8. The maximum Gasteiger partial charge on any atom is 0.124 e. The molecule has 0 saturated heterocycles. The highest BCUT2D eigenvalue weighted by Crippen LogP contribution is 2.41. The molecule has 1 heterocycles. The molecule has 1 fully saturated rings. The maximum atomic E-state index is 5.90. The van der Waals surface area contributed by atoms with E-state index in [1.54, 1.807) is 12.4 Å². The van der Waals surface area contributed by atoms with Gasteiger partial charge in [-0.25, -0.2) is 4.98 Å². The SMILES string of the molecule is NC1(c2cnc(Br)cn2)CC1. The second-order valence-corrected chi connectivity index (χ2v) is 3.69. The fraction of sp³-hybridized carbons (Fsp3) is 0.429. The van der Waals surface area contributed by atoms with Gasteiger partial charge < -0.3 is 5.73 Å². The van der Waals surface area contributed by atoms with Gasteiger partial charge in [-0.15, -0.1) is 0 Å². The van der Waals surface area contributed by atoms with Crippen molar-refractivity contribution in [3.05, 3.63) is 22.7 Å². The number of aromatic nitrogens is 2. The monoisotopic (exact) mass is 213 g/mol. The van der Waals surface area contributed by atoms with Gasteiger partial charge in [-0.05, 0) is 28.8 Å². The molecule has 1 aliphatic rings. The van der Waals surface area contributed by atoms with Gasteiger partial charge in [0.1, 0.15) is 4.60 Å². The highest BCUT2D eigenvalue weighted by molar-refractivity contribution is 9.10. The molecule has 0 amide bonds. The molecule has 0 atom stereocenters. The van der Waals surface area contributed by atoms with Gasteiger partial charge >= 0.3 is 0 Å². The van der Waals surface area contributed by atoms with Crippen LogP contribution in [-0.2, 0) is 5.54 Å². The minimum atomic E-state index is -0.159. The number of hydrogen-bond acceptors (Lipinski definition) is 3. The number of nitrogens with zero attached hydrogens (tertiary/aromatic N) is 2. The van der Waals surface area contributed by atoms with Crippen molar-refractivity contribution in [1.82, 2.24) is 9.97 Å². The molecule has 2 N–H and O–H groups in total. The van der Waals surface area contributed by atoms with Crippen molar-refractivity contribution in [1.29, 1.82) is 0 Å². The van der Waals surface area contributed by atoms with Gasteiger partial charge in [0, 0.05) is 0 Å². The Balaban J connectivity index is 2.33. The Kier molecular flexibility index (Phi) is 1.47. The molecule has 0 spiro atoms. The molecule has 2 rings (SSSR count). The van der Waals surface area contributed by atoms with E-state index in [9.17, 15) is 0 Å². The molecule has 0 bridgehead atoms. The van der Waals surface area contributed by atoms with Crippen LogP contribution in [0.4, 0.5) is 0 Å². The first-order valence-electron chi connectivity index (χ1n) is 3.48. The van der Waals surface area contributed by atoms with E-state index in [1.165, 1.54) is 0 Å². The summed E-state index contributed by atoms with van der Waals surface area (Å²) < 4.78 is 0.755. The Labute approximate surface area is 73.2 Å². The van der Waals surface area contributed by atoms with E-state index < -0.39 is 0 Å². The molecular formula is C7H8BrN3. The summed E-state index contributed by atoms with van der Waals surface area (Å²) in [7, 11) is 0. The van der Waals surface area contributed by atoms with Crippen molar-refractivity contribution in [3.8, 4) is 0 Å². The van der Waals surface area contributed by atoms with Gasteiger partial charge in [0.25, 0.3) is 0 Å². The van der Waals surface area contributed by atoms with Gasteiger partial charge in [0.05, 0.1) is 23.6 Å². The quantitative estimate of drug-likeness (QED) is 0.763. The summed E-state index contributed by atoms with van der Waals surface area (Å²) in [5.41, 5.74) is 6.64. The zero-order valence-electron chi connectivity index (χ0n) is 5.92. The predicted molar refractivity (Wildman–Crippen MR) is 44.8 cm³/mol. The van der Waals surface area contributed by atoms with E-state index in [0.29, 0.717) is 0 Å². The van der Waals surface area contributed by atoms with Crippen molar-refractivity contribution in [2.75, 3.05) is 0 Å². The van der Waals surface area contributed by atoms with E-state index in [4.69, 9.17) is 5.73 Å². The van der Waals surface area contributed by atoms with Gasteiger partial charge in [-0.1, -0.05) is 0 Å². The molecule has 1 aromatic heterocycles. The van der Waals surface area contributed by atoms with Crippen LogP contribution in [0.2, 0.25) is 0 Å². The van der Waals surface area contributed by atoms with Crippen molar-refractivity contribution in [2.24, 2.45) is 5.73 Å². The summed E-state index contributed by atoms with van der Waals surface area (Å²) in [5.74, 6) is 0. The number of hydrogen-bond donors (Lipinski definition) is 1. The van der Waals surface area contributed by atoms with E-state index in [0.717, 1.165) is 23.1 Å². The average Bonchev–Trinajstić information content (AvgIpc) is 2.70. The maximum absolute atomic E-state index is 5.90. The highest BCUT2D eigenvalue weighted by Gasteiger charge is 2.41. The van der Waals surface area contributed by atoms with Crippen LogP contribution in [0.3, 0.4) is 0 Å². The summed E-state index contributed by atoms with van der Waals surface area (Å²) in [6.45, 7) is 0. The summed E-state index contributed by atoms with van der Waals surface area (Å²) in [4.78, 5) is 8.24. The van der Waals surface area contributed by atoms with E-state index in [1.807, 2.05) is 0 Å². The van der Waals surface area contributed by atoms with Crippen LogP contribution >= 0.6 is 15.9 Å². The zero-order chi connectivity index (χ0) is 7.90. The Morgan fingerprint density at radius 3 is 2.55 bits per heavy atom. The molecule has 0 unspecified atom stereocenters. The topological polar surface area (TPSA) is 51.8 Å². The largest absolute Gasteiger partial charge is 0.320 e. The van der Waals surface area contributed by atoms with Crippen molar-refractivity contribution >= 4 is 15.9 Å². The third-order valence-corrected chi connectivity index (χ3v) is 2.33. The third kappa shape index (κ3) is 1.28. The fourth-order valence-corrected chi connectivity index (χ4v) is 1.16. The van der Waals surface area contributed by atoms with Crippen LogP contribution in [0.25, 0.3) is 0 Å². The van der Waals surface area contributed by atoms with Gasteiger partial charge in [-0.3, -0.25) is 4.98 Å². The number of nitrogens with two attached hydrogens (primary N) is 1. The molecule has 4 heteroatoms. The number of rotatable bonds is 1. The van der Waals surface area contributed by atoms with Crippen molar-refractivity contribution < 1.29 is 0 Å². The van der Waals surface area contributed by atoms with E-state index >= 15 is 0 Å².